The number of amides is 2. The van der Waals surface area contributed by atoms with E-state index in [0.717, 1.165) is 33.9 Å². The van der Waals surface area contributed by atoms with E-state index in [9.17, 15) is 4.79 Å². The topological polar surface area (TPSA) is 46.5 Å². The molecule has 5 rings (SSSR count). The highest BCUT2D eigenvalue weighted by atomic mass is 16.5. The average Bonchev–Trinajstić information content (AvgIpc) is 3.25. The van der Waals surface area contributed by atoms with E-state index in [1.807, 2.05) is 47.4 Å². The molecule has 0 unspecified atom stereocenters. The fourth-order valence-electron chi connectivity index (χ4n) is 4.31. The largest absolute Gasteiger partial charge is 0.497 e. The van der Waals surface area contributed by atoms with Crippen LogP contribution in [0.5, 0.6) is 5.75 Å². The van der Waals surface area contributed by atoms with Crippen LogP contribution in [0.1, 0.15) is 28.4 Å². The number of benzene rings is 3. The predicted molar refractivity (Wildman–Crippen MR) is 126 cm³/mol. The Labute approximate surface area is 187 Å². The number of methoxy groups -OCH3 is 1. The number of carbonyl (C=O) groups is 1. The fourth-order valence-corrected chi connectivity index (χ4v) is 4.31. The Bertz CT molecular complexity index is 1240. The quantitative estimate of drug-likeness (QED) is 0.444. The van der Waals surface area contributed by atoms with E-state index in [1.165, 1.54) is 5.56 Å². The Hall–Kier alpha value is -3.99. The molecule has 1 aliphatic heterocycles. The van der Waals surface area contributed by atoms with Crippen molar-refractivity contribution in [3.63, 3.8) is 0 Å². The zero-order valence-electron chi connectivity index (χ0n) is 18.2. The number of anilines is 1. The lowest BCUT2D eigenvalue weighted by Gasteiger charge is -2.31. The summed E-state index contributed by atoms with van der Waals surface area (Å²) in [4.78, 5) is 15.6. The van der Waals surface area contributed by atoms with Crippen molar-refractivity contribution >= 4 is 11.7 Å². The predicted octanol–water partition coefficient (Wildman–Crippen LogP) is 5.93. The first-order valence-electron chi connectivity index (χ1n) is 10.7. The minimum absolute atomic E-state index is 0.148. The Morgan fingerprint density at radius 3 is 2.44 bits per heavy atom. The number of hydrogen-bond acceptors (Lipinski definition) is 2. The molecule has 0 saturated carbocycles. The summed E-state index contributed by atoms with van der Waals surface area (Å²) >= 11 is 0. The van der Waals surface area contributed by atoms with Gasteiger partial charge < -0.3 is 19.5 Å². The van der Waals surface area contributed by atoms with E-state index in [4.69, 9.17) is 4.74 Å². The zero-order valence-corrected chi connectivity index (χ0v) is 18.2. The second-order valence-electron chi connectivity index (χ2n) is 8.03. The van der Waals surface area contributed by atoms with E-state index < -0.39 is 0 Å². The number of nitrogens with zero attached hydrogens (tertiary/aromatic N) is 2. The van der Waals surface area contributed by atoms with Crippen LogP contribution in [-0.4, -0.2) is 22.6 Å². The number of urea groups is 1. The van der Waals surface area contributed by atoms with Crippen LogP contribution in [0.4, 0.5) is 10.5 Å². The smallest absolute Gasteiger partial charge is 0.322 e. The third-order valence-electron chi connectivity index (χ3n) is 5.96. The van der Waals surface area contributed by atoms with E-state index in [0.29, 0.717) is 6.54 Å². The van der Waals surface area contributed by atoms with Gasteiger partial charge >= 0.3 is 6.03 Å². The van der Waals surface area contributed by atoms with Gasteiger partial charge in [0.25, 0.3) is 0 Å². The summed E-state index contributed by atoms with van der Waals surface area (Å²) in [6.07, 6.45) is 2.07. The number of para-hydroxylation sites is 1. The van der Waals surface area contributed by atoms with Crippen molar-refractivity contribution in [2.24, 2.45) is 0 Å². The maximum atomic E-state index is 13.6. The van der Waals surface area contributed by atoms with Gasteiger partial charge in [-0.05, 0) is 60.5 Å². The normalized spacial score (nSPS) is 14.8. The van der Waals surface area contributed by atoms with Crippen LogP contribution in [0.25, 0.3) is 5.69 Å². The molecule has 0 bridgehead atoms. The summed E-state index contributed by atoms with van der Waals surface area (Å²) < 4.78 is 7.43. The van der Waals surface area contributed by atoms with Gasteiger partial charge in [0.2, 0.25) is 0 Å². The van der Waals surface area contributed by atoms with E-state index in [2.05, 4.69) is 65.5 Å². The molecular formula is C27H25N3O2. The lowest BCUT2D eigenvalue weighted by Crippen LogP contribution is -2.37. The van der Waals surface area contributed by atoms with Crippen LogP contribution >= 0.6 is 0 Å². The molecule has 1 atom stereocenters. The number of rotatable bonds is 3. The summed E-state index contributed by atoms with van der Waals surface area (Å²) in [5, 5.41) is 3.08. The molecule has 5 nitrogen and oxygen atoms in total. The number of aromatic nitrogens is 1. The van der Waals surface area contributed by atoms with Crippen LogP contribution in [0.3, 0.4) is 0 Å². The first kappa shape index (κ1) is 19.9. The van der Waals surface area contributed by atoms with Crippen LogP contribution in [0, 0.1) is 6.92 Å². The van der Waals surface area contributed by atoms with Crippen molar-refractivity contribution in [3.05, 3.63) is 114 Å². The third-order valence-corrected chi connectivity index (χ3v) is 5.96. The number of fused-ring (bicyclic) bond motifs is 3. The molecule has 0 aliphatic carbocycles. The van der Waals surface area contributed by atoms with Crippen molar-refractivity contribution in [3.8, 4) is 11.4 Å². The second kappa shape index (κ2) is 8.27. The SMILES string of the molecule is COc1ccc(NC(=O)N2Cc3ccccc3-n3cccc3[C@@H]2c2ccc(C)cc2)cc1. The molecule has 0 saturated heterocycles. The zero-order chi connectivity index (χ0) is 22.1. The van der Waals surface area contributed by atoms with Crippen LogP contribution < -0.4 is 10.1 Å². The van der Waals surface area contributed by atoms with Gasteiger partial charge in [0.05, 0.1) is 25.4 Å². The minimum Gasteiger partial charge on any atom is -0.497 e. The molecule has 0 fully saturated rings. The van der Waals surface area contributed by atoms with Crippen LogP contribution in [-0.2, 0) is 6.54 Å². The van der Waals surface area contributed by atoms with E-state index in [1.54, 1.807) is 7.11 Å². The Balaban J connectivity index is 1.59. The standard InChI is InChI=1S/C27H25N3O2/c1-19-9-11-20(12-10-19)26-25-8-5-17-29(25)24-7-4-3-6-21(24)18-30(26)27(31)28-22-13-15-23(32-2)16-14-22/h3-17,26H,18H2,1-2H3,(H,28,31)/t26-/m0/s1. The maximum absolute atomic E-state index is 13.6. The summed E-state index contributed by atoms with van der Waals surface area (Å²) in [5.74, 6) is 0.752. The van der Waals surface area contributed by atoms with Gasteiger partial charge in [-0.3, -0.25) is 0 Å². The van der Waals surface area contributed by atoms with Crippen molar-refractivity contribution < 1.29 is 9.53 Å². The molecule has 2 amide bonds. The highest BCUT2D eigenvalue weighted by Gasteiger charge is 2.32. The highest BCUT2D eigenvalue weighted by molar-refractivity contribution is 5.90. The van der Waals surface area contributed by atoms with Crippen molar-refractivity contribution in [2.75, 3.05) is 12.4 Å². The molecule has 0 spiro atoms. The summed E-state index contributed by atoms with van der Waals surface area (Å²) in [7, 11) is 1.63. The number of ether oxygens (including phenoxy) is 1. The highest BCUT2D eigenvalue weighted by Crippen LogP contribution is 2.37. The molecule has 3 aromatic carbocycles. The third kappa shape index (κ3) is 3.62. The first-order valence-corrected chi connectivity index (χ1v) is 10.7. The number of carbonyl (C=O) groups excluding carboxylic acids is 1. The van der Waals surface area contributed by atoms with Gasteiger partial charge in [0.1, 0.15) is 5.75 Å². The average molecular weight is 424 g/mol. The summed E-state index contributed by atoms with van der Waals surface area (Å²) in [6.45, 7) is 2.57. The maximum Gasteiger partial charge on any atom is 0.322 e. The molecule has 160 valence electrons. The van der Waals surface area contributed by atoms with Crippen molar-refractivity contribution in [1.82, 2.24) is 9.47 Å². The van der Waals surface area contributed by atoms with E-state index in [-0.39, 0.29) is 12.1 Å². The van der Waals surface area contributed by atoms with Gasteiger partial charge in [-0.2, -0.15) is 0 Å². The minimum atomic E-state index is -0.226. The Morgan fingerprint density at radius 2 is 1.69 bits per heavy atom. The number of nitrogens with one attached hydrogen (secondary N) is 1. The van der Waals surface area contributed by atoms with Crippen LogP contribution in [0.2, 0.25) is 0 Å². The molecule has 1 aromatic heterocycles. The lowest BCUT2D eigenvalue weighted by atomic mass is 10.0. The summed E-state index contributed by atoms with van der Waals surface area (Å²) in [5.41, 5.74) is 6.26. The molecule has 5 heteroatoms. The molecule has 0 radical (unpaired) electrons. The van der Waals surface area contributed by atoms with Gasteiger partial charge in [0, 0.05) is 17.6 Å². The second-order valence-corrected chi connectivity index (χ2v) is 8.03. The van der Waals surface area contributed by atoms with Crippen LogP contribution in [0.15, 0.2) is 91.1 Å². The lowest BCUT2D eigenvalue weighted by molar-refractivity contribution is 0.194. The van der Waals surface area contributed by atoms with Crippen molar-refractivity contribution in [2.45, 2.75) is 19.5 Å². The van der Waals surface area contributed by atoms with Gasteiger partial charge in [-0.1, -0.05) is 48.0 Å². The molecular weight excluding hydrogens is 398 g/mol. The van der Waals surface area contributed by atoms with E-state index >= 15 is 0 Å². The number of aryl methyl sites for hydroxylation is 1. The monoisotopic (exact) mass is 423 g/mol. The molecule has 1 aliphatic rings. The van der Waals surface area contributed by atoms with Crippen molar-refractivity contribution in [1.29, 1.82) is 0 Å². The van der Waals surface area contributed by atoms with Gasteiger partial charge in [0.15, 0.2) is 0 Å². The number of hydrogen-bond donors (Lipinski definition) is 1. The molecule has 4 aromatic rings. The Kier molecular flexibility index (Phi) is 5.15. The first-order chi connectivity index (χ1) is 15.6. The van der Waals surface area contributed by atoms with Gasteiger partial charge in [-0.15, -0.1) is 0 Å². The molecule has 2 heterocycles. The molecule has 1 N–H and O–H groups in total. The van der Waals surface area contributed by atoms with Gasteiger partial charge in [-0.25, -0.2) is 4.79 Å². The summed E-state index contributed by atoms with van der Waals surface area (Å²) in [6, 6.07) is 27.8. The fraction of sp³-hybridized carbons (Fsp3) is 0.148. The molecule has 32 heavy (non-hydrogen) atoms. The Morgan fingerprint density at radius 1 is 0.938 bits per heavy atom.